The molecule has 25 heteroatoms. The normalized spacial score (nSPS) is 15.8. The van der Waals surface area contributed by atoms with Crippen LogP contribution in [0.25, 0.3) is 44.5 Å². The predicted octanol–water partition coefficient (Wildman–Crippen LogP) is 4.29. The van der Waals surface area contributed by atoms with Crippen molar-refractivity contribution in [3.63, 3.8) is 0 Å². The van der Waals surface area contributed by atoms with E-state index in [0.29, 0.717) is 34.8 Å². The average Bonchev–Trinajstić information content (AvgIpc) is 3.93. The Kier molecular flexibility index (Phi) is 13.6. The van der Waals surface area contributed by atoms with Crippen LogP contribution in [-0.2, 0) is 43.3 Å². The molecule has 1 saturated heterocycles. The molecule has 8 rings (SSSR count). The molecule has 2 amide bonds. The Hall–Kier alpha value is -6.49. The predicted molar refractivity (Wildman–Crippen MR) is 241 cm³/mol. The monoisotopic (exact) mass is 975 g/mol. The first kappa shape index (κ1) is 47.0. The first-order valence-electron chi connectivity index (χ1n) is 20.0. The van der Waals surface area contributed by atoms with E-state index in [-0.39, 0.29) is 87.1 Å². The van der Waals surface area contributed by atoms with Gasteiger partial charge < -0.3 is 60.3 Å². The van der Waals surface area contributed by atoms with E-state index in [4.69, 9.17) is 30.0 Å². The van der Waals surface area contributed by atoms with Crippen molar-refractivity contribution in [1.82, 2.24) is 25.2 Å². The molecule has 0 bridgehead atoms. The highest BCUT2D eigenvalue weighted by Crippen LogP contribution is 2.44. The van der Waals surface area contributed by atoms with Gasteiger partial charge >= 0.3 is 14.6 Å². The second kappa shape index (κ2) is 19.4. The molecule has 0 saturated carbocycles. The standard InChI is InChI=1S/C42H39N7O15P2S/c43-14-22-2-1-21(12-33(22)67(58,59)60)41(53)46-16-30-31(51)9-8-28-36(27-7-4-24(50)13-32(27)63-37(28)30)29-11-20(3-6-26(29)42(54)55)40(52)45-15-23-17-49(39-35(23)38(44)47-19-48-39)34-10-5-25(62-34)18-61-66(57)64-65-56/h1-4,6-9,11-13,17,19,25,34,50,56-57,65H,5,10,14-16,18,43H2,(H,45,52)(H,46,53)(H,54,55)(H2,44,47,48)(H,58,59,60). The lowest BCUT2D eigenvalue weighted by atomic mass is 9.88. The molecule has 1 fully saturated rings. The topological polar surface area (TPSA) is 351 Å². The van der Waals surface area contributed by atoms with E-state index in [1.165, 1.54) is 67.0 Å². The lowest BCUT2D eigenvalue weighted by Crippen LogP contribution is -2.27. The third-order valence-electron chi connectivity index (χ3n) is 11.0. The van der Waals surface area contributed by atoms with Crippen molar-refractivity contribution in [1.29, 1.82) is 0 Å². The highest BCUT2D eigenvalue weighted by atomic mass is 32.2. The fourth-order valence-corrected chi connectivity index (χ4v) is 9.47. The molecule has 22 nitrogen and oxygen atoms in total. The molecule has 0 spiro atoms. The summed E-state index contributed by atoms with van der Waals surface area (Å²) in [6, 6.07) is 14.1. The van der Waals surface area contributed by atoms with Crippen molar-refractivity contribution in [2.24, 2.45) is 5.73 Å². The van der Waals surface area contributed by atoms with Crippen LogP contribution in [0.2, 0.25) is 0 Å². The molecule has 3 aromatic carbocycles. The Morgan fingerprint density at radius 3 is 2.43 bits per heavy atom. The molecule has 2 aliphatic heterocycles. The highest BCUT2D eigenvalue weighted by Gasteiger charge is 2.31. The number of aromatic carboxylic acids is 1. The molecule has 0 radical (unpaired) electrons. The van der Waals surface area contributed by atoms with E-state index in [0.717, 1.165) is 6.07 Å². The number of nitrogen functional groups attached to an aromatic ring is 1. The molecule has 5 aromatic rings. The molecular weight excluding hydrogens is 937 g/mol. The zero-order valence-electron chi connectivity index (χ0n) is 34.6. The average molecular weight is 976 g/mol. The number of benzene rings is 4. The van der Waals surface area contributed by atoms with Gasteiger partial charge in [-0.1, -0.05) is 6.07 Å². The van der Waals surface area contributed by atoms with Gasteiger partial charge in [-0.3, -0.25) is 23.2 Å². The molecule has 4 unspecified atom stereocenters. The Morgan fingerprint density at radius 2 is 1.70 bits per heavy atom. The van der Waals surface area contributed by atoms with Gasteiger partial charge in [0, 0.05) is 58.6 Å². The number of phenolic OH excluding ortho intramolecular Hbond substituents is 1. The number of phenols is 1. The van der Waals surface area contributed by atoms with E-state index in [2.05, 4.69) is 24.9 Å². The van der Waals surface area contributed by atoms with Crippen molar-refractivity contribution in [3.05, 3.63) is 123 Å². The second-order valence-electron chi connectivity index (χ2n) is 15.0. The summed E-state index contributed by atoms with van der Waals surface area (Å²) in [5.74, 6) is -3.00. The number of hydrogen-bond acceptors (Lipinski definition) is 17. The summed E-state index contributed by atoms with van der Waals surface area (Å²) in [5.41, 5.74) is 12.3. The van der Waals surface area contributed by atoms with Gasteiger partial charge in [-0.25, -0.2) is 14.8 Å². The molecule has 1 aliphatic carbocycles. The smallest absolute Gasteiger partial charge is 0.336 e. The Labute approximate surface area is 381 Å². The van der Waals surface area contributed by atoms with Gasteiger partial charge in [-0.2, -0.15) is 8.42 Å². The molecule has 11 N–H and O–H groups in total. The Balaban J connectivity index is 1.11. The van der Waals surface area contributed by atoms with Gasteiger partial charge in [0.1, 0.15) is 41.1 Å². The maximum Gasteiger partial charge on any atom is 0.336 e. The Bertz CT molecular complexity index is 3240. The summed E-state index contributed by atoms with van der Waals surface area (Å²) in [6.07, 6.45) is 3.16. The molecule has 2 aromatic heterocycles. The molecule has 67 heavy (non-hydrogen) atoms. The van der Waals surface area contributed by atoms with Gasteiger partial charge in [0.05, 0.1) is 40.7 Å². The van der Waals surface area contributed by atoms with Crippen molar-refractivity contribution in [2.45, 2.75) is 49.7 Å². The van der Waals surface area contributed by atoms with Crippen molar-refractivity contribution in [2.75, 3.05) is 12.3 Å². The van der Waals surface area contributed by atoms with E-state index in [9.17, 15) is 47.3 Å². The van der Waals surface area contributed by atoms with Crippen LogP contribution in [0.5, 0.6) is 5.75 Å². The fourth-order valence-electron chi connectivity index (χ4n) is 7.93. The molecule has 4 atom stereocenters. The lowest BCUT2D eigenvalue weighted by Gasteiger charge is -2.20. The zero-order chi connectivity index (χ0) is 47.7. The number of amides is 2. The Morgan fingerprint density at radius 1 is 0.955 bits per heavy atom. The van der Waals surface area contributed by atoms with E-state index in [1.807, 2.05) is 0 Å². The van der Waals surface area contributed by atoms with Crippen molar-refractivity contribution >= 4 is 73.4 Å². The van der Waals surface area contributed by atoms with Gasteiger partial charge in [-0.05, 0) is 78.6 Å². The summed E-state index contributed by atoms with van der Waals surface area (Å²) in [5, 5.41) is 27.1. The lowest BCUT2D eigenvalue weighted by molar-refractivity contribution is -0.0170. The number of nitrogens with one attached hydrogen (secondary N) is 2. The number of hydrogen-bond donors (Lipinski definition) is 9. The number of rotatable bonds is 16. The summed E-state index contributed by atoms with van der Waals surface area (Å²) in [4.78, 5) is 80.3. The zero-order valence-corrected chi connectivity index (χ0v) is 37.3. The van der Waals surface area contributed by atoms with Crippen LogP contribution < -0.4 is 27.5 Å². The second-order valence-corrected chi connectivity index (χ2v) is 18.1. The van der Waals surface area contributed by atoms with Crippen LogP contribution in [0.1, 0.15) is 66.8 Å². The number of fused-ring (bicyclic) bond motifs is 3. The number of carbonyl (C=O) groups is 3. The largest absolute Gasteiger partial charge is 0.508 e. The number of ether oxygens (including phenoxy) is 1. The summed E-state index contributed by atoms with van der Waals surface area (Å²) >= 11 is 0. The minimum atomic E-state index is -4.75. The fraction of sp³-hybridized carbons (Fsp3) is 0.190. The minimum Gasteiger partial charge on any atom is -0.508 e. The number of carboxylic acids is 1. The number of carboxylic acid groups (broad SMARTS) is 1. The van der Waals surface area contributed by atoms with Gasteiger partial charge in [0.25, 0.3) is 21.9 Å². The summed E-state index contributed by atoms with van der Waals surface area (Å²) in [6.45, 7) is -0.805. The number of aromatic hydroxyl groups is 1. The van der Waals surface area contributed by atoms with Crippen LogP contribution in [-0.4, -0.2) is 78.0 Å². The van der Waals surface area contributed by atoms with Crippen LogP contribution in [0, 0.1) is 0 Å². The van der Waals surface area contributed by atoms with Crippen molar-refractivity contribution in [3.8, 4) is 28.2 Å². The maximum absolute atomic E-state index is 14.0. The molecule has 348 valence electrons. The van der Waals surface area contributed by atoms with E-state index in [1.54, 1.807) is 10.8 Å². The van der Waals surface area contributed by atoms with Gasteiger partial charge in [-0.15, -0.1) is 0 Å². The quantitative estimate of drug-likeness (QED) is 0.0370. The van der Waals surface area contributed by atoms with Gasteiger partial charge in [0.2, 0.25) is 0 Å². The third-order valence-corrected chi connectivity index (χ3v) is 13.3. The number of aromatic nitrogens is 3. The number of nitrogens with zero attached hydrogens (tertiary/aromatic N) is 3. The molecular formula is C42H39N7O15P2S. The minimum absolute atomic E-state index is 0.00617. The number of nitrogens with two attached hydrogens (primary N) is 2. The summed E-state index contributed by atoms with van der Waals surface area (Å²) < 4.78 is 57.8. The van der Waals surface area contributed by atoms with Crippen LogP contribution >= 0.6 is 17.6 Å². The molecule has 4 heterocycles. The maximum atomic E-state index is 14.0. The van der Waals surface area contributed by atoms with E-state index >= 15 is 0 Å². The first-order valence-corrected chi connectivity index (χ1v) is 23.4. The molecule has 3 aliphatic rings. The first-order chi connectivity index (χ1) is 32.1. The van der Waals surface area contributed by atoms with Crippen molar-refractivity contribution < 1.29 is 65.3 Å². The van der Waals surface area contributed by atoms with Crippen LogP contribution in [0.3, 0.4) is 0 Å². The van der Waals surface area contributed by atoms with Gasteiger partial charge in [0.15, 0.2) is 14.5 Å². The van der Waals surface area contributed by atoms with E-state index < -0.39 is 74.7 Å². The SMILES string of the molecule is NCc1ccc(C(=O)NCc2c3oc4cc(O)ccc4c(-c4cc(C(=O)NCc5cn(C6CCC(COP(O)OPO)O6)c6ncnc(N)c56)ccc4C(=O)O)c-3ccc2=O)cc1S(=O)(=O)O. The van der Waals surface area contributed by atoms with Crippen LogP contribution in [0.15, 0.2) is 93.4 Å². The number of anilines is 1. The highest BCUT2D eigenvalue weighted by molar-refractivity contribution is 7.85. The van der Waals surface area contributed by atoms with Crippen LogP contribution in [0.4, 0.5) is 5.82 Å². The summed E-state index contributed by atoms with van der Waals surface area (Å²) in [7, 11) is -7.96. The number of carbonyl (C=O) groups excluding carboxylic acids is 2. The third kappa shape index (κ3) is 9.69.